The lowest BCUT2D eigenvalue weighted by atomic mass is 10.1. The first-order valence-corrected chi connectivity index (χ1v) is 8.13. The van der Waals surface area contributed by atoms with Gasteiger partial charge in [0.2, 0.25) is 0 Å². The van der Waals surface area contributed by atoms with Crippen LogP contribution in [0.25, 0.3) is 0 Å². The van der Waals surface area contributed by atoms with Gasteiger partial charge in [-0.2, -0.15) is 0 Å². The lowest BCUT2D eigenvalue weighted by Crippen LogP contribution is -2.46. The Morgan fingerprint density at radius 3 is 2.30 bits per heavy atom. The molecule has 0 spiro atoms. The zero-order chi connectivity index (χ0) is 15.0. The van der Waals surface area contributed by atoms with Crippen molar-refractivity contribution >= 4 is 6.09 Å². The molecule has 1 saturated carbocycles. The zero-order valence-electron chi connectivity index (χ0n) is 13.6. The van der Waals surface area contributed by atoms with Gasteiger partial charge in [0.25, 0.3) is 0 Å². The lowest BCUT2D eigenvalue weighted by molar-refractivity contribution is 0.0521. The van der Waals surface area contributed by atoms with Crippen LogP contribution in [0.2, 0.25) is 0 Å². The normalized spacial score (nSPS) is 19.2. The first-order chi connectivity index (χ1) is 9.40. The standard InChI is InChI=1S/C16H32N2O2/c1-5-13(12-17-15(19)20-16(2,3)4)18-14-10-8-6-7-9-11-14/h13-14,18H,5-12H2,1-4H3,(H,17,19). The molecule has 0 bridgehead atoms. The highest BCUT2D eigenvalue weighted by atomic mass is 16.6. The highest BCUT2D eigenvalue weighted by Crippen LogP contribution is 2.17. The van der Waals surface area contributed by atoms with Gasteiger partial charge in [-0.15, -0.1) is 0 Å². The Kier molecular flexibility index (Phi) is 7.35. The quantitative estimate of drug-likeness (QED) is 0.758. The van der Waals surface area contributed by atoms with E-state index in [0.29, 0.717) is 18.6 Å². The fraction of sp³-hybridized carbons (Fsp3) is 0.938. The number of hydrogen-bond donors (Lipinski definition) is 2. The molecule has 1 atom stereocenters. The van der Waals surface area contributed by atoms with E-state index >= 15 is 0 Å². The second-order valence-corrected chi connectivity index (χ2v) is 6.84. The molecule has 1 amide bonds. The van der Waals surface area contributed by atoms with E-state index in [-0.39, 0.29) is 6.09 Å². The molecule has 4 heteroatoms. The number of rotatable bonds is 5. The predicted octanol–water partition coefficient (Wildman–Crippen LogP) is 3.60. The zero-order valence-corrected chi connectivity index (χ0v) is 13.6. The molecule has 0 heterocycles. The van der Waals surface area contributed by atoms with Crippen molar-refractivity contribution in [3.8, 4) is 0 Å². The number of carbonyl (C=O) groups is 1. The van der Waals surface area contributed by atoms with Gasteiger partial charge in [0, 0.05) is 18.6 Å². The summed E-state index contributed by atoms with van der Waals surface area (Å²) in [7, 11) is 0. The summed E-state index contributed by atoms with van der Waals surface area (Å²) in [6.07, 6.45) is 8.62. The van der Waals surface area contributed by atoms with Crippen molar-refractivity contribution < 1.29 is 9.53 Å². The van der Waals surface area contributed by atoms with Gasteiger partial charge in [0.15, 0.2) is 0 Å². The maximum Gasteiger partial charge on any atom is 0.407 e. The van der Waals surface area contributed by atoms with Crippen molar-refractivity contribution in [3.63, 3.8) is 0 Å². The van der Waals surface area contributed by atoms with Crippen molar-refractivity contribution in [2.75, 3.05) is 6.54 Å². The fourth-order valence-corrected chi connectivity index (χ4v) is 2.62. The average Bonchev–Trinajstić information content (AvgIpc) is 2.60. The molecule has 1 aliphatic carbocycles. The predicted molar refractivity (Wildman–Crippen MR) is 82.9 cm³/mol. The average molecular weight is 284 g/mol. The molecular weight excluding hydrogens is 252 g/mol. The molecule has 1 aliphatic rings. The van der Waals surface area contributed by atoms with Crippen molar-refractivity contribution in [1.29, 1.82) is 0 Å². The van der Waals surface area contributed by atoms with Crippen LogP contribution in [0.4, 0.5) is 4.79 Å². The molecule has 0 aromatic heterocycles. The number of carbonyl (C=O) groups excluding carboxylic acids is 1. The third kappa shape index (κ3) is 7.73. The summed E-state index contributed by atoms with van der Waals surface area (Å²) in [5.41, 5.74) is -0.430. The molecule has 0 aromatic rings. The van der Waals surface area contributed by atoms with E-state index in [1.54, 1.807) is 0 Å². The first-order valence-electron chi connectivity index (χ1n) is 8.13. The minimum absolute atomic E-state index is 0.321. The van der Waals surface area contributed by atoms with E-state index in [0.717, 1.165) is 6.42 Å². The molecule has 4 nitrogen and oxygen atoms in total. The maximum atomic E-state index is 11.7. The Labute approximate surface area is 124 Å². The van der Waals surface area contributed by atoms with Gasteiger partial charge in [-0.3, -0.25) is 0 Å². The third-order valence-corrected chi connectivity index (χ3v) is 3.71. The van der Waals surface area contributed by atoms with Gasteiger partial charge in [-0.25, -0.2) is 4.79 Å². The van der Waals surface area contributed by atoms with Gasteiger partial charge in [0.1, 0.15) is 5.60 Å². The molecule has 118 valence electrons. The van der Waals surface area contributed by atoms with Crippen molar-refractivity contribution in [2.24, 2.45) is 0 Å². The van der Waals surface area contributed by atoms with Gasteiger partial charge in [-0.1, -0.05) is 32.6 Å². The third-order valence-electron chi connectivity index (χ3n) is 3.71. The van der Waals surface area contributed by atoms with Crippen LogP contribution >= 0.6 is 0 Å². The highest BCUT2D eigenvalue weighted by molar-refractivity contribution is 5.67. The Morgan fingerprint density at radius 1 is 1.20 bits per heavy atom. The van der Waals surface area contributed by atoms with Gasteiger partial charge < -0.3 is 15.4 Å². The SMILES string of the molecule is CCC(CNC(=O)OC(C)(C)C)NC1CCCCCC1. The van der Waals surface area contributed by atoms with Gasteiger partial charge >= 0.3 is 6.09 Å². The Hall–Kier alpha value is -0.770. The van der Waals surface area contributed by atoms with Crippen LogP contribution < -0.4 is 10.6 Å². The van der Waals surface area contributed by atoms with Crippen LogP contribution in [0.1, 0.15) is 72.6 Å². The van der Waals surface area contributed by atoms with E-state index in [1.807, 2.05) is 20.8 Å². The molecule has 1 unspecified atom stereocenters. The summed E-state index contributed by atoms with van der Waals surface area (Å²) in [6.45, 7) is 8.45. The largest absolute Gasteiger partial charge is 0.444 e. The molecule has 0 saturated heterocycles. The minimum Gasteiger partial charge on any atom is -0.444 e. The van der Waals surface area contributed by atoms with E-state index in [9.17, 15) is 4.79 Å². The van der Waals surface area contributed by atoms with E-state index in [4.69, 9.17) is 4.74 Å². The summed E-state index contributed by atoms with van der Waals surface area (Å²) in [6, 6.07) is 0.952. The van der Waals surface area contributed by atoms with Crippen LogP contribution in [0.3, 0.4) is 0 Å². The van der Waals surface area contributed by atoms with Crippen molar-refractivity contribution in [1.82, 2.24) is 10.6 Å². The number of ether oxygens (including phenoxy) is 1. The van der Waals surface area contributed by atoms with E-state index < -0.39 is 5.60 Å². The van der Waals surface area contributed by atoms with Crippen molar-refractivity contribution in [3.05, 3.63) is 0 Å². The van der Waals surface area contributed by atoms with E-state index in [2.05, 4.69) is 17.6 Å². The molecule has 2 N–H and O–H groups in total. The minimum atomic E-state index is -0.430. The van der Waals surface area contributed by atoms with Crippen LogP contribution in [0.5, 0.6) is 0 Å². The van der Waals surface area contributed by atoms with E-state index in [1.165, 1.54) is 38.5 Å². The van der Waals surface area contributed by atoms with Crippen LogP contribution in [0.15, 0.2) is 0 Å². The fourth-order valence-electron chi connectivity index (χ4n) is 2.62. The van der Waals surface area contributed by atoms with Crippen LogP contribution in [-0.4, -0.2) is 30.3 Å². The number of nitrogens with one attached hydrogen (secondary N) is 2. The summed E-state index contributed by atoms with van der Waals surface area (Å²) in [4.78, 5) is 11.7. The number of hydrogen-bond acceptors (Lipinski definition) is 3. The van der Waals surface area contributed by atoms with Gasteiger partial charge in [-0.05, 0) is 40.0 Å². The monoisotopic (exact) mass is 284 g/mol. The smallest absolute Gasteiger partial charge is 0.407 e. The Morgan fingerprint density at radius 2 is 1.80 bits per heavy atom. The molecular formula is C16H32N2O2. The first kappa shape index (κ1) is 17.3. The summed E-state index contributed by atoms with van der Waals surface area (Å²) >= 11 is 0. The molecule has 1 fully saturated rings. The molecule has 1 rings (SSSR count). The highest BCUT2D eigenvalue weighted by Gasteiger charge is 2.19. The lowest BCUT2D eigenvalue weighted by Gasteiger charge is -2.25. The second kappa shape index (κ2) is 8.50. The summed E-state index contributed by atoms with van der Waals surface area (Å²) < 4.78 is 5.26. The van der Waals surface area contributed by atoms with Crippen molar-refractivity contribution in [2.45, 2.75) is 90.3 Å². The number of alkyl carbamates (subject to hydrolysis) is 1. The molecule has 0 radical (unpaired) electrons. The van der Waals surface area contributed by atoms with Crippen LogP contribution in [0, 0.1) is 0 Å². The molecule has 0 aliphatic heterocycles. The Balaban J connectivity index is 2.29. The maximum absolute atomic E-state index is 11.7. The molecule has 0 aromatic carbocycles. The van der Waals surface area contributed by atoms with Gasteiger partial charge in [0.05, 0.1) is 0 Å². The topological polar surface area (TPSA) is 50.4 Å². The Bertz CT molecular complexity index is 279. The van der Waals surface area contributed by atoms with Crippen LogP contribution in [-0.2, 0) is 4.74 Å². The summed E-state index contributed by atoms with van der Waals surface area (Å²) in [5, 5.41) is 6.57. The molecule has 20 heavy (non-hydrogen) atoms. The second-order valence-electron chi connectivity index (χ2n) is 6.84. The summed E-state index contributed by atoms with van der Waals surface area (Å²) in [5.74, 6) is 0. The number of amides is 1.